The molecule has 1 fully saturated rings. The van der Waals surface area contributed by atoms with Crippen molar-refractivity contribution in [1.82, 2.24) is 25.1 Å². The molecule has 4 aromatic rings. The number of nitrogens with one attached hydrogen (secondary N) is 2. The second kappa shape index (κ2) is 10.2. The summed E-state index contributed by atoms with van der Waals surface area (Å²) in [4.78, 5) is 30.0. The molecule has 1 aliphatic carbocycles. The monoisotopic (exact) mass is 511 g/mol. The van der Waals surface area contributed by atoms with Crippen molar-refractivity contribution in [3.05, 3.63) is 81.9 Å². The number of aliphatic hydroxyl groups is 1. The summed E-state index contributed by atoms with van der Waals surface area (Å²) in [5.74, 6) is -1.01. The summed E-state index contributed by atoms with van der Waals surface area (Å²) in [6.45, 7) is 0.0153. The van der Waals surface area contributed by atoms with Crippen molar-refractivity contribution in [2.24, 2.45) is 0 Å². The first-order valence-corrected chi connectivity index (χ1v) is 11.9. The first kappa shape index (κ1) is 24.7. The Morgan fingerprint density at radius 1 is 1.16 bits per heavy atom. The van der Waals surface area contributed by atoms with Crippen molar-refractivity contribution in [3.8, 4) is 11.3 Å². The molecule has 0 spiro atoms. The van der Waals surface area contributed by atoms with Gasteiger partial charge in [-0.15, -0.1) is 0 Å². The van der Waals surface area contributed by atoms with Crippen LogP contribution in [0.2, 0.25) is 0 Å². The maximum Gasteiger partial charge on any atom is 0.280 e. The number of alkyl halides is 2. The fraction of sp³-hybridized carbons (Fsp3) is 0.308. The van der Waals surface area contributed by atoms with Crippen molar-refractivity contribution >= 4 is 16.7 Å². The Kier molecular flexibility index (Phi) is 6.79. The van der Waals surface area contributed by atoms with Gasteiger partial charge in [-0.2, -0.15) is 5.10 Å². The SMILES string of the molecule is O=C(NC1CCC(O)CC1)c1cc(F)cc(Cn2ccc3cc(-c4cn[nH]c4C(F)F)ncc3c2=O)c1. The van der Waals surface area contributed by atoms with E-state index in [0.29, 0.717) is 36.6 Å². The van der Waals surface area contributed by atoms with Crippen LogP contribution in [0.3, 0.4) is 0 Å². The second-order valence-electron chi connectivity index (χ2n) is 9.23. The van der Waals surface area contributed by atoms with Crippen LogP contribution in [0, 0.1) is 5.82 Å². The first-order valence-electron chi connectivity index (χ1n) is 11.9. The lowest BCUT2D eigenvalue weighted by Crippen LogP contribution is -2.38. The maximum atomic E-state index is 14.4. The van der Waals surface area contributed by atoms with Crippen LogP contribution in [-0.2, 0) is 6.54 Å². The predicted octanol–water partition coefficient (Wildman–Crippen LogP) is 3.94. The van der Waals surface area contributed by atoms with E-state index in [1.165, 1.54) is 35.3 Å². The Labute approximate surface area is 209 Å². The predicted molar refractivity (Wildman–Crippen MR) is 130 cm³/mol. The molecule has 1 amide bonds. The number of aromatic nitrogens is 4. The summed E-state index contributed by atoms with van der Waals surface area (Å²) in [5.41, 5.74) is 0.227. The van der Waals surface area contributed by atoms with E-state index >= 15 is 0 Å². The third-order valence-corrected chi connectivity index (χ3v) is 6.63. The van der Waals surface area contributed by atoms with Gasteiger partial charge < -0.3 is 15.0 Å². The van der Waals surface area contributed by atoms with Gasteiger partial charge >= 0.3 is 0 Å². The molecule has 8 nitrogen and oxygen atoms in total. The van der Waals surface area contributed by atoms with Crippen molar-refractivity contribution in [2.75, 3.05) is 0 Å². The first-order chi connectivity index (χ1) is 17.8. The lowest BCUT2D eigenvalue weighted by atomic mass is 9.93. The van der Waals surface area contributed by atoms with Crippen LogP contribution in [0.15, 0.2) is 53.7 Å². The molecular formula is C26H24F3N5O3. The van der Waals surface area contributed by atoms with E-state index in [1.54, 1.807) is 12.1 Å². The molecule has 0 saturated heterocycles. The largest absolute Gasteiger partial charge is 0.393 e. The highest BCUT2D eigenvalue weighted by Crippen LogP contribution is 2.29. The van der Waals surface area contributed by atoms with Crippen LogP contribution in [0.5, 0.6) is 0 Å². The number of halogens is 3. The summed E-state index contributed by atoms with van der Waals surface area (Å²) in [6.07, 6.45) is 3.52. The molecule has 192 valence electrons. The second-order valence-corrected chi connectivity index (χ2v) is 9.23. The standard InChI is InChI=1S/C26H24F3N5O3/c27-17-8-14(7-16(9-17)25(36)32-18-1-3-19(35)4-2-18)13-34-6-5-15-10-22(30-11-20(15)26(34)37)21-12-31-33-23(21)24(28)29/h5-12,18-19,24,35H,1-4,13H2,(H,31,33)(H,32,36). The van der Waals surface area contributed by atoms with Gasteiger partial charge in [0.05, 0.1) is 29.9 Å². The molecule has 0 radical (unpaired) electrons. The van der Waals surface area contributed by atoms with E-state index in [4.69, 9.17) is 0 Å². The molecule has 11 heteroatoms. The Morgan fingerprint density at radius 3 is 2.70 bits per heavy atom. The molecule has 0 aliphatic heterocycles. The number of aliphatic hydroxyl groups excluding tert-OH is 1. The van der Waals surface area contributed by atoms with Crippen LogP contribution in [0.1, 0.15) is 53.7 Å². The van der Waals surface area contributed by atoms with Gasteiger partial charge in [-0.3, -0.25) is 19.7 Å². The van der Waals surface area contributed by atoms with Crippen LogP contribution in [0.4, 0.5) is 13.2 Å². The van der Waals surface area contributed by atoms with Crippen LogP contribution in [0.25, 0.3) is 22.0 Å². The Bertz CT molecular complexity index is 1510. The zero-order valence-electron chi connectivity index (χ0n) is 19.6. The smallest absolute Gasteiger partial charge is 0.280 e. The van der Waals surface area contributed by atoms with Gasteiger partial charge in [-0.25, -0.2) is 13.2 Å². The zero-order valence-corrected chi connectivity index (χ0v) is 19.6. The molecule has 1 aliphatic rings. The fourth-order valence-corrected chi connectivity index (χ4v) is 4.68. The molecule has 0 unspecified atom stereocenters. The number of carbonyl (C=O) groups excluding carboxylic acids is 1. The molecule has 37 heavy (non-hydrogen) atoms. The van der Waals surface area contributed by atoms with Gasteiger partial charge in [0, 0.05) is 29.6 Å². The van der Waals surface area contributed by atoms with Gasteiger partial charge in [0.1, 0.15) is 11.5 Å². The van der Waals surface area contributed by atoms with Gasteiger partial charge in [0.2, 0.25) is 0 Å². The highest BCUT2D eigenvalue weighted by Gasteiger charge is 2.22. The highest BCUT2D eigenvalue weighted by molar-refractivity contribution is 5.94. The number of H-pyrrole nitrogens is 1. The Balaban J connectivity index is 1.38. The molecule has 1 saturated carbocycles. The number of pyridine rings is 2. The van der Waals surface area contributed by atoms with Crippen LogP contribution >= 0.6 is 0 Å². The summed E-state index contributed by atoms with van der Waals surface area (Å²) >= 11 is 0. The molecule has 3 N–H and O–H groups in total. The Morgan fingerprint density at radius 2 is 1.95 bits per heavy atom. The van der Waals surface area contributed by atoms with Gasteiger partial charge in [0.25, 0.3) is 17.9 Å². The number of carbonyl (C=O) groups is 1. The van der Waals surface area contributed by atoms with E-state index in [9.17, 15) is 27.9 Å². The number of hydrogen-bond donors (Lipinski definition) is 3. The third kappa shape index (κ3) is 5.26. The minimum atomic E-state index is -2.75. The molecule has 1 aromatic carbocycles. The number of fused-ring (bicyclic) bond motifs is 1. The van der Waals surface area contributed by atoms with E-state index in [1.807, 2.05) is 0 Å². The Hall–Kier alpha value is -3.99. The number of amides is 1. The number of rotatable bonds is 6. The average Bonchev–Trinajstić information content (AvgIpc) is 3.37. The van der Waals surface area contributed by atoms with Gasteiger partial charge in [-0.05, 0) is 67.0 Å². The van der Waals surface area contributed by atoms with E-state index < -0.39 is 23.7 Å². The van der Waals surface area contributed by atoms with Gasteiger partial charge in [0.15, 0.2) is 0 Å². The fourth-order valence-electron chi connectivity index (χ4n) is 4.68. The molecule has 0 bridgehead atoms. The van der Waals surface area contributed by atoms with E-state index in [0.717, 1.165) is 6.07 Å². The maximum absolute atomic E-state index is 14.4. The van der Waals surface area contributed by atoms with Crippen molar-refractivity contribution in [2.45, 2.75) is 50.8 Å². The highest BCUT2D eigenvalue weighted by atomic mass is 19.3. The van der Waals surface area contributed by atoms with Crippen molar-refractivity contribution in [3.63, 3.8) is 0 Å². The quantitative estimate of drug-likeness (QED) is 0.363. The average molecular weight is 512 g/mol. The summed E-state index contributed by atoms with van der Waals surface area (Å²) < 4.78 is 42.2. The normalized spacial score (nSPS) is 17.9. The van der Waals surface area contributed by atoms with Crippen LogP contribution in [-0.4, -0.2) is 42.9 Å². The number of aromatic amines is 1. The van der Waals surface area contributed by atoms with Gasteiger partial charge in [-0.1, -0.05) is 0 Å². The van der Waals surface area contributed by atoms with Crippen molar-refractivity contribution in [1.29, 1.82) is 0 Å². The topological polar surface area (TPSA) is 113 Å². The number of hydrogen-bond acceptors (Lipinski definition) is 5. The summed E-state index contributed by atoms with van der Waals surface area (Å²) in [5, 5.41) is 19.2. The molecular weight excluding hydrogens is 487 g/mol. The third-order valence-electron chi connectivity index (χ3n) is 6.63. The summed E-state index contributed by atoms with van der Waals surface area (Å²) in [6, 6.07) is 7.05. The summed E-state index contributed by atoms with van der Waals surface area (Å²) in [7, 11) is 0. The molecule has 5 rings (SSSR count). The molecule has 0 atom stereocenters. The van der Waals surface area contributed by atoms with E-state index in [-0.39, 0.29) is 46.6 Å². The lowest BCUT2D eigenvalue weighted by molar-refractivity contribution is 0.0867. The lowest BCUT2D eigenvalue weighted by Gasteiger charge is -2.26. The molecule has 3 heterocycles. The van der Waals surface area contributed by atoms with Crippen molar-refractivity contribution < 1.29 is 23.1 Å². The van der Waals surface area contributed by atoms with E-state index in [2.05, 4.69) is 20.5 Å². The van der Waals surface area contributed by atoms with Crippen LogP contribution < -0.4 is 10.9 Å². The number of benzene rings is 1. The minimum Gasteiger partial charge on any atom is -0.393 e. The molecule has 3 aromatic heterocycles. The zero-order chi connectivity index (χ0) is 26.1. The number of nitrogens with zero attached hydrogens (tertiary/aromatic N) is 3. The minimum absolute atomic E-state index is 0.0153.